The minimum atomic E-state index is -4.05. The molecule has 26 heavy (non-hydrogen) atoms. The van der Waals surface area contributed by atoms with Gasteiger partial charge in [0, 0.05) is 5.02 Å². The molecule has 0 aliphatic rings. The molecule has 2 aromatic carbocycles. The number of aromatic hydroxyl groups is 1. The molecule has 4 N–H and O–H groups in total. The Bertz CT molecular complexity index is 933. The number of carbonyl (C=O) groups is 1. The fraction of sp³-hybridized carbons (Fsp3) is 0.133. The van der Waals surface area contributed by atoms with Crippen molar-refractivity contribution in [3.05, 3.63) is 58.6 Å². The van der Waals surface area contributed by atoms with Crippen molar-refractivity contribution in [2.75, 3.05) is 0 Å². The Morgan fingerprint density at radius 1 is 1.15 bits per heavy atom. The third-order valence-corrected chi connectivity index (χ3v) is 6.70. The van der Waals surface area contributed by atoms with Crippen LogP contribution in [-0.4, -0.2) is 24.9 Å². The van der Waals surface area contributed by atoms with Crippen LogP contribution in [0.1, 0.15) is 15.9 Å². The molecule has 1 atom stereocenters. The summed E-state index contributed by atoms with van der Waals surface area (Å²) >= 11 is 24.2. The van der Waals surface area contributed by atoms with Crippen LogP contribution in [0.25, 0.3) is 0 Å². The summed E-state index contributed by atoms with van der Waals surface area (Å²) in [4.78, 5) is 11.2. The lowest BCUT2D eigenvalue weighted by Crippen LogP contribution is -2.41. The molecule has 1 amide bonds. The zero-order valence-corrected chi connectivity index (χ0v) is 16.6. The summed E-state index contributed by atoms with van der Waals surface area (Å²) in [6, 6.07) is 8.91. The SMILES string of the molecule is NC(=O)c1cc(C(Cl)(Cl)C(Cl)NS(=O)(=O)c2ccc(Cl)cc2)ccc1O. The van der Waals surface area contributed by atoms with Gasteiger partial charge in [0.05, 0.1) is 10.5 Å². The molecule has 0 saturated carbocycles. The van der Waals surface area contributed by atoms with Gasteiger partial charge in [-0.3, -0.25) is 4.79 Å². The highest BCUT2D eigenvalue weighted by molar-refractivity contribution is 7.89. The number of hydrogen-bond acceptors (Lipinski definition) is 4. The normalized spacial score (nSPS) is 13.4. The molecular weight excluding hydrogens is 446 g/mol. The van der Waals surface area contributed by atoms with E-state index in [1.165, 1.54) is 30.3 Å². The molecule has 140 valence electrons. The largest absolute Gasteiger partial charge is 0.507 e. The maximum atomic E-state index is 12.4. The second-order valence-electron chi connectivity index (χ2n) is 5.16. The van der Waals surface area contributed by atoms with Crippen LogP contribution in [0.4, 0.5) is 0 Å². The average Bonchev–Trinajstić information content (AvgIpc) is 2.54. The van der Waals surface area contributed by atoms with E-state index in [1.807, 2.05) is 0 Å². The molecule has 0 fully saturated rings. The first kappa shape index (κ1) is 21.1. The van der Waals surface area contributed by atoms with Gasteiger partial charge in [0.25, 0.3) is 5.91 Å². The molecule has 0 spiro atoms. The Hall–Kier alpha value is -1.22. The fourth-order valence-electron chi connectivity index (χ4n) is 1.98. The Labute approximate surface area is 169 Å². The lowest BCUT2D eigenvalue weighted by molar-refractivity contribution is 0.0997. The monoisotopic (exact) mass is 456 g/mol. The van der Waals surface area contributed by atoms with Gasteiger partial charge in [0.15, 0.2) is 4.33 Å². The van der Waals surface area contributed by atoms with Crippen LogP contribution in [0.2, 0.25) is 5.02 Å². The number of alkyl halides is 3. The van der Waals surface area contributed by atoms with E-state index in [1.54, 1.807) is 0 Å². The smallest absolute Gasteiger partial charge is 0.252 e. The van der Waals surface area contributed by atoms with Crippen LogP contribution in [0.5, 0.6) is 5.75 Å². The second-order valence-corrected chi connectivity index (χ2v) is 9.13. The van der Waals surface area contributed by atoms with E-state index >= 15 is 0 Å². The predicted molar refractivity (Wildman–Crippen MR) is 101 cm³/mol. The van der Waals surface area contributed by atoms with Crippen molar-refractivity contribution in [1.82, 2.24) is 4.72 Å². The number of rotatable bonds is 6. The van der Waals surface area contributed by atoms with Gasteiger partial charge in [-0.15, -0.1) is 11.6 Å². The zero-order valence-electron chi connectivity index (χ0n) is 12.8. The number of nitrogens with one attached hydrogen (secondary N) is 1. The van der Waals surface area contributed by atoms with E-state index in [4.69, 9.17) is 52.1 Å². The standard InChI is InChI=1S/C15H12Cl4N2O4S/c16-9-2-4-10(5-3-9)26(24,25)21-14(17)15(18,19)8-1-6-12(22)11(7-8)13(20)23/h1-7,14,21-22H,(H2,20,23). The Morgan fingerprint density at radius 2 is 1.73 bits per heavy atom. The summed E-state index contributed by atoms with van der Waals surface area (Å²) in [6.07, 6.45) is 0. The summed E-state index contributed by atoms with van der Waals surface area (Å²) in [5.41, 5.74) is 3.46. The number of sulfonamides is 1. The van der Waals surface area contributed by atoms with Crippen LogP contribution in [0, 0.1) is 0 Å². The van der Waals surface area contributed by atoms with Crippen molar-refractivity contribution in [3.8, 4) is 5.75 Å². The number of carbonyl (C=O) groups excluding carboxylic acids is 1. The van der Waals surface area contributed by atoms with E-state index in [-0.39, 0.29) is 21.8 Å². The molecule has 0 aromatic heterocycles. The Morgan fingerprint density at radius 3 is 2.27 bits per heavy atom. The highest BCUT2D eigenvalue weighted by Gasteiger charge is 2.39. The van der Waals surface area contributed by atoms with Gasteiger partial charge in [0.1, 0.15) is 11.3 Å². The number of hydrogen-bond donors (Lipinski definition) is 3. The van der Waals surface area contributed by atoms with E-state index in [0.29, 0.717) is 5.02 Å². The summed E-state index contributed by atoms with van der Waals surface area (Å²) < 4.78 is 25.0. The molecule has 0 aliphatic heterocycles. The summed E-state index contributed by atoms with van der Waals surface area (Å²) in [5, 5.41) is 9.98. The first-order valence-electron chi connectivity index (χ1n) is 6.88. The number of phenols is 1. The number of nitrogens with two attached hydrogens (primary N) is 1. The highest BCUT2D eigenvalue weighted by atomic mass is 35.5. The van der Waals surface area contributed by atoms with E-state index in [9.17, 15) is 18.3 Å². The maximum Gasteiger partial charge on any atom is 0.252 e. The predicted octanol–water partition coefficient (Wildman–Crippen LogP) is 3.32. The van der Waals surface area contributed by atoms with Gasteiger partial charge in [-0.05, 0) is 42.0 Å². The van der Waals surface area contributed by atoms with Crippen molar-refractivity contribution in [2.24, 2.45) is 5.73 Å². The minimum absolute atomic E-state index is 0.0613. The molecule has 2 aromatic rings. The van der Waals surface area contributed by atoms with Gasteiger partial charge in [0.2, 0.25) is 10.0 Å². The van der Waals surface area contributed by atoms with Crippen molar-refractivity contribution in [2.45, 2.75) is 14.7 Å². The number of amides is 1. The van der Waals surface area contributed by atoms with E-state index in [0.717, 1.165) is 12.1 Å². The quantitative estimate of drug-likeness (QED) is 0.456. The molecule has 2 rings (SSSR count). The average molecular weight is 458 g/mol. The molecule has 0 aliphatic carbocycles. The first-order chi connectivity index (χ1) is 11.9. The number of primary amides is 1. The molecule has 0 saturated heterocycles. The Kier molecular flexibility index (Phi) is 6.32. The summed E-state index contributed by atoms with van der Waals surface area (Å²) in [6.45, 7) is 0. The van der Waals surface area contributed by atoms with Crippen LogP contribution >= 0.6 is 46.4 Å². The molecule has 11 heteroatoms. The zero-order chi connectivity index (χ0) is 19.7. The molecule has 0 heterocycles. The Balaban J connectivity index is 2.33. The lowest BCUT2D eigenvalue weighted by Gasteiger charge is -2.26. The number of benzene rings is 2. The summed E-state index contributed by atoms with van der Waals surface area (Å²) in [7, 11) is -4.05. The van der Waals surface area contributed by atoms with Crippen LogP contribution < -0.4 is 10.5 Å². The molecule has 1 unspecified atom stereocenters. The first-order valence-corrected chi connectivity index (χ1v) is 9.93. The lowest BCUT2D eigenvalue weighted by atomic mass is 10.1. The molecule has 0 radical (unpaired) electrons. The summed E-state index contributed by atoms with van der Waals surface area (Å²) in [5.74, 6) is -1.29. The van der Waals surface area contributed by atoms with Crippen molar-refractivity contribution in [1.29, 1.82) is 0 Å². The third-order valence-electron chi connectivity index (χ3n) is 3.35. The van der Waals surface area contributed by atoms with Crippen LogP contribution in [-0.2, 0) is 14.4 Å². The second kappa shape index (κ2) is 7.80. The van der Waals surface area contributed by atoms with Crippen molar-refractivity contribution >= 4 is 62.3 Å². The topological polar surface area (TPSA) is 109 Å². The maximum absolute atomic E-state index is 12.4. The molecular formula is C15H12Cl4N2O4S. The van der Waals surface area contributed by atoms with Gasteiger partial charge in [-0.25, -0.2) is 8.42 Å². The fourth-order valence-corrected chi connectivity index (χ4v) is 4.14. The molecule has 0 bridgehead atoms. The third kappa shape index (κ3) is 4.54. The van der Waals surface area contributed by atoms with Gasteiger partial charge in [-0.1, -0.05) is 40.9 Å². The van der Waals surface area contributed by atoms with E-state index < -0.39 is 25.8 Å². The molecule has 6 nitrogen and oxygen atoms in total. The minimum Gasteiger partial charge on any atom is -0.507 e. The van der Waals surface area contributed by atoms with Gasteiger partial charge in [-0.2, -0.15) is 4.72 Å². The van der Waals surface area contributed by atoms with Gasteiger partial charge < -0.3 is 10.8 Å². The van der Waals surface area contributed by atoms with Crippen molar-refractivity contribution in [3.63, 3.8) is 0 Å². The number of halogens is 4. The van der Waals surface area contributed by atoms with Crippen LogP contribution in [0.3, 0.4) is 0 Å². The van der Waals surface area contributed by atoms with E-state index in [2.05, 4.69) is 4.72 Å². The van der Waals surface area contributed by atoms with Gasteiger partial charge >= 0.3 is 0 Å². The van der Waals surface area contributed by atoms with Crippen LogP contribution in [0.15, 0.2) is 47.4 Å². The van der Waals surface area contributed by atoms with Crippen molar-refractivity contribution < 1.29 is 18.3 Å². The highest BCUT2D eigenvalue weighted by Crippen LogP contribution is 2.41.